The summed E-state index contributed by atoms with van der Waals surface area (Å²) in [7, 11) is 0. The maximum Gasteiger partial charge on any atom is 0.509 e. The number of rotatable bonds is 29. The summed E-state index contributed by atoms with van der Waals surface area (Å²) < 4.78 is 45.8. The molecule has 0 aromatic heterocycles. The maximum atomic E-state index is 14.6. The summed E-state index contributed by atoms with van der Waals surface area (Å²) in [6, 6.07) is 39.0. The number of nitrogens with zero attached hydrogens (tertiary/aromatic N) is 1. The van der Waals surface area contributed by atoms with Crippen LogP contribution in [-0.2, 0) is 59.5 Å². The first-order chi connectivity index (χ1) is 32.5. The Morgan fingerprint density at radius 1 is 0.606 bits per heavy atom. The smallest absolute Gasteiger partial charge is 0.445 e. The SMILES string of the molecule is CCCCCCCCCCCCCC[C@@H]1OC(=O)O[C@H]1[C@H](CCC12OC(CC)C(O1)C(OCc1ccccc1)C2OCc1ccccc1)N(Cc1ccccc1)C(=O)OCc1ccccc1. The van der Waals surface area contributed by atoms with Crippen molar-refractivity contribution in [3.63, 3.8) is 0 Å². The Bertz CT molecular complexity index is 1990. The van der Waals surface area contributed by atoms with Gasteiger partial charge in [-0.05, 0) is 47.9 Å². The lowest BCUT2D eigenvalue weighted by molar-refractivity contribution is -0.247. The number of carbonyl (C=O) groups excluding carboxylic acids is 2. The molecular formula is C56H73NO9. The van der Waals surface area contributed by atoms with Gasteiger partial charge in [0.15, 0.2) is 11.9 Å². The van der Waals surface area contributed by atoms with Crippen molar-refractivity contribution in [2.45, 2.75) is 191 Å². The van der Waals surface area contributed by atoms with Crippen LogP contribution in [0.1, 0.15) is 139 Å². The summed E-state index contributed by atoms with van der Waals surface area (Å²) in [4.78, 5) is 29.6. The Labute approximate surface area is 393 Å². The quantitative estimate of drug-likeness (QED) is 0.0389. The van der Waals surface area contributed by atoms with Gasteiger partial charge in [-0.25, -0.2) is 9.59 Å². The highest BCUT2D eigenvalue weighted by Crippen LogP contribution is 2.50. The van der Waals surface area contributed by atoms with E-state index in [-0.39, 0.29) is 25.4 Å². The maximum absolute atomic E-state index is 14.6. The molecule has 8 atom stereocenters. The van der Waals surface area contributed by atoms with Crippen molar-refractivity contribution in [1.29, 1.82) is 0 Å². The zero-order valence-electron chi connectivity index (χ0n) is 39.4. The number of hydrogen-bond acceptors (Lipinski definition) is 9. The van der Waals surface area contributed by atoms with Crippen LogP contribution in [0.25, 0.3) is 0 Å². The van der Waals surface area contributed by atoms with Gasteiger partial charge in [-0.2, -0.15) is 0 Å². The highest BCUT2D eigenvalue weighted by Gasteiger charge is 2.66. The summed E-state index contributed by atoms with van der Waals surface area (Å²) in [5.74, 6) is -1.21. The number of benzene rings is 4. The van der Waals surface area contributed by atoms with Crippen LogP contribution >= 0.6 is 0 Å². The molecule has 3 fully saturated rings. The number of amides is 1. The molecule has 0 spiro atoms. The van der Waals surface area contributed by atoms with E-state index in [1.54, 1.807) is 4.90 Å². The van der Waals surface area contributed by atoms with E-state index in [9.17, 15) is 9.59 Å². The van der Waals surface area contributed by atoms with Crippen molar-refractivity contribution in [2.75, 3.05) is 0 Å². The molecule has 2 bridgehead atoms. The molecule has 5 unspecified atom stereocenters. The van der Waals surface area contributed by atoms with Gasteiger partial charge in [0.1, 0.15) is 31.0 Å². The van der Waals surface area contributed by atoms with E-state index in [0.717, 1.165) is 41.5 Å². The summed E-state index contributed by atoms with van der Waals surface area (Å²) in [5, 5.41) is 0. The van der Waals surface area contributed by atoms with E-state index in [2.05, 4.69) is 26.0 Å². The van der Waals surface area contributed by atoms with Crippen molar-refractivity contribution in [1.82, 2.24) is 4.90 Å². The third-order valence-corrected chi connectivity index (χ3v) is 13.5. The normalized spacial score (nSPS) is 23.6. The molecule has 0 radical (unpaired) electrons. The van der Waals surface area contributed by atoms with E-state index in [1.807, 2.05) is 109 Å². The molecule has 10 heteroatoms. The zero-order valence-corrected chi connectivity index (χ0v) is 39.4. The van der Waals surface area contributed by atoms with Gasteiger partial charge in [0.25, 0.3) is 0 Å². The van der Waals surface area contributed by atoms with Crippen molar-refractivity contribution in [3.05, 3.63) is 144 Å². The molecule has 356 valence electrons. The Balaban J connectivity index is 1.12. The highest BCUT2D eigenvalue weighted by atomic mass is 16.8. The zero-order chi connectivity index (χ0) is 45.8. The van der Waals surface area contributed by atoms with Crippen LogP contribution in [0.2, 0.25) is 0 Å². The first kappa shape index (κ1) is 49.2. The van der Waals surface area contributed by atoms with Gasteiger partial charge in [0.2, 0.25) is 0 Å². The molecule has 4 aromatic rings. The molecule has 7 rings (SSSR count). The molecule has 3 saturated heterocycles. The summed E-state index contributed by atoms with van der Waals surface area (Å²) >= 11 is 0. The van der Waals surface area contributed by atoms with Gasteiger partial charge in [-0.3, -0.25) is 4.90 Å². The van der Waals surface area contributed by atoms with Crippen LogP contribution in [0.15, 0.2) is 121 Å². The van der Waals surface area contributed by atoms with Crippen LogP contribution in [0.4, 0.5) is 9.59 Å². The van der Waals surface area contributed by atoms with Crippen molar-refractivity contribution in [3.8, 4) is 0 Å². The van der Waals surface area contributed by atoms with Crippen molar-refractivity contribution >= 4 is 12.2 Å². The van der Waals surface area contributed by atoms with Gasteiger partial charge in [-0.1, -0.05) is 206 Å². The van der Waals surface area contributed by atoms with Crippen LogP contribution in [0, 0.1) is 0 Å². The second kappa shape index (κ2) is 26.0. The fourth-order valence-corrected chi connectivity index (χ4v) is 9.89. The lowest BCUT2D eigenvalue weighted by Gasteiger charge is -2.41. The molecule has 4 aromatic carbocycles. The predicted molar refractivity (Wildman–Crippen MR) is 255 cm³/mol. The molecule has 3 aliphatic rings. The number of cyclic esters (lactones) is 2. The molecule has 0 saturated carbocycles. The van der Waals surface area contributed by atoms with E-state index >= 15 is 0 Å². The molecule has 1 amide bonds. The Kier molecular flexibility index (Phi) is 19.4. The third kappa shape index (κ3) is 13.9. The molecule has 3 aliphatic heterocycles. The lowest BCUT2D eigenvalue weighted by atomic mass is 9.89. The average molecular weight is 904 g/mol. The van der Waals surface area contributed by atoms with E-state index in [4.69, 9.17) is 33.2 Å². The van der Waals surface area contributed by atoms with Crippen molar-refractivity contribution in [2.24, 2.45) is 0 Å². The number of fused-ring (bicyclic) bond motifs is 2. The standard InChI is InChI=1S/C56H73NO9/c1-3-5-6-7-8-9-10-11-12-13-14-27-36-49-50(64-55(59)63-49)47(57(39-43-28-19-15-20-29-43)54(58)62-42-46-34-25-18-26-35-46)37-38-56-53(61-41-45-32-23-17-24-33-45)52(51(66-56)48(4-2)65-56)60-40-44-30-21-16-22-31-44/h15-26,28-35,47-53H,3-14,27,36-42H2,1-2H3/t47-,48?,49-,50-,51?,52?,53?,56?/m0/s1. The van der Waals surface area contributed by atoms with Crippen LogP contribution < -0.4 is 0 Å². The molecule has 0 N–H and O–H groups in total. The van der Waals surface area contributed by atoms with Crippen LogP contribution in [0.3, 0.4) is 0 Å². The number of ether oxygens (including phenoxy) is 7. The van der Waals surface area contributed by atoms with Gasteiger partial charge in [-0.15, -0.1) is 0 Å². The summed E-state index contributed by atoms with van der Waals surface area (Å²) in [6.07, 6.45) is 12.6. The minimum atomic E-state index is -1.21. The van der Waals surface area contributed by atoms with E-state index in [0.29, 0.717) is 38.9 Å². The van der Waals surface area contributed by atoms with Crippen LogP contribution in [-0.4, -0.2) is 65.6 Å². The topological polar surface area (TPSA) is 102 Å². The largest absolute Gasteiger partial charge is 0.509 e. The molecule has 0 aliphatic carbocycles. The first-order valence-corrected chi connectivity index (χ1v) is 25.0. The second-order valence-corrected chi connectivity index (χ2v) is 18.4. The number of carbonyl (C=O) groups is 2. The summed E-state index contributed by atoms with van der Waals surface area (Å²) in [6.45, 7) is 5.40. The Morgan fingerprint density at radius 2 is 1.12 bits per heavy atom. The predicted octanol–water partition coefficient (Wildman–Crippen LogP) is 13.0. The lowest BCUT2D eigenvalue weighted by Crippen LogP contribution is -2.55. The molecule has 10 nitrogen and oxygen atoms in total. The van der Waals surface area contributed by atoms with Gasteiger partial charge < -0.3 is 33.2 Å². The van der Waals surface area contributed by atoms with Gasteiger partial charge in [0, 0.05) is 13.0 Å². The van der Waals surface area contributed by atoms with E-state index < -0.39 is 48.5 Å². The Hall–Kier alpha value is -4.74. The molecular weight excluding hydrogens is 831 g/mol. The summed E-state index contributed by atoms with van der Waals surface area (Å²) in [5.41, 5.74) is 3.86. The van der Waals surface area contributed by atoms with Gasteiger partial charge in [0.05, 0.1) is 25.4 Å². The first-order valence-electron chi connectivity index (χ1n) is 25.0. The van der Waals surface area contributed by atoms with Crippen molar-refractivity contribution < 1.29 is 42.7 Å². The number of unbranched alkanes of at least 4 members (excludes halogenated alkanes) is 11. The fourth-order valence-electron chi connectivity index (χ4n) is 9.89. The number of hydrogen-bond donors (Lipinski definition) is 0. The second-order valence-electron chi connectivity index (χ2n) is 18.4. The Morgan fingerprint density at radius 3 is 1.68 bits per heavy atom. The van der Waals surface area contributed by atoms with E-state index in [1.165, 1.54) is 57.8 Å². The monoisotopic (exact) mass is 904 g/mol. The van der Waals surface area contributed by atoms with Crippen LogP contribution in [0.5, 0.6) is 0 Å². The highest BCUT2D eigenvalue weighted by molar-refractivity contribution is 5.69. The molecule has 66 heavy (non-hydrogen) atoms. The molecule has 3 heterocycles. The minimum absolute atomic E-state index is 0.0901. The minimum Gasteiger partial charge on any atom is -0.445 e. The average Bonchev–Trinajstić information content (AvgIpc) is 4.02. The van der Waals surface area contributed by atoms with Gasteiger partial charge >= 0.3 is 12.2 Å². The third-order valence-electron chi connectivity index (χ3n) is 13.5. The fraction of sp³-hybridized carbons (Fsp3) is 0.536.